The fourth-order valence-electron chi connectivity index (χ4n) is 1.45. The lowest BCUT2D eigenvalue weighted by Gasteiger charge is -2.04. The molecule has 0 bridgehead atoms. The number of fused-ring (bicyclic) bond motifs is 1. The van der Waals surface area contributed by atoms with Crippen molar-refractivity contribution in [3.8, 4) is 5.75 Å². The molecule has 0 saturated carbocycles. The van der Waals surface area contributed by atoms with Gasteiger partial charge in [-0.15, -0.1) is 0 Å². The zero-order valence-corrected chi connectivity index (χ0v) is 9.88. The Morgan fingerprint density at radius 2 is 2.11 bits per heavy atom. The molecule has 0 aliphatic rings. The van der Waals surface area contributed by atoms with Crippen LogP contribution in [0.2, 0.25) is 0 Å². The normalized spacial score (nSPS) is 11.5. The van der Waals surface area contributed by atoms with Gasteiger partial charge in [0.25, 0.3) is 0 Å². The molecule has 92 valence electrons. The van der Waals surface area contributed by atoms with Crippen molar-refractivity contribution in [2.45, 2.75) is 6.92 Å². The summed E-state index contributed by atoms with van der Waals surface area (Å²) < 4.78 is 10.5. The molecule has 4 nitrogen and oxygen atoms in total. The molecule has 1 aromatic heterocycles. The Balaban J connectivity index is 2.19. The Morgan fingerprint density at radius 1 is 1.33 bits per heavy atom. The summed E-state index contributed by atoms with van der Waals surface area (Å²) >= 11 is 0. The fraction of sp³-hybridized carbons (Fsp3) is 0.143. The van der Waals surface area contributed by atoms with Crippen molar-refractivity contribution < 1.29 is 13.9 Å². The molecular formula is C14H12O4. The standard InChI is InChI=1S/C14H12O4/c1-10(9-15)6-7-17-12-4-2-11-3-5-14(16)18-13(11)8-12/h2-6,8-9H,7H2,1H3/b10-6+. The number of hydrogen-bond acceptors (Lipinski definition) is 4. The maximum absolute atomic E-state index is 11.1. The van der Waals surface area contributed by atoms with Gasteiger partial charge in [-0.05, 0) is 36.8 Å². The van der Waals surface area contributed by atoms with Gasteiger partial charge in [0.05, 0.1) is 0 Å². The Hall–Kier alpha value is -2.36. The highest BCUT2D eigenvalue weighted by atomic mass is 16.5. The van der Waals surface area contributed by atoms with Crippen molar-refractivity contribution in [2.24, 2.45) is 0 Å². The van der Waals surface area contributed by atoms with E-state index in [4.69, 9.17) is 9.15 Å². The average molecular weight is 244 g/mol. The van der Waals surface area contributed by atoms with E-state index >= 15 is 0 Å². The van der Waals surface area contributed by atoms with E-state index in [9.17, 15) is 9.59 Å². The van der Waals surface area contributed by atoms with Gasteiger partial charge < -0.3 is 9.15 Å². The predicted octanol–water partition coefficient (Wildman–Crippen LogP) is 2.32. The Labute approximate surface area is 103 Å². The first-order chi connectivity index (χ1) is 8.69. The fourth-order valence-corrected chi connectivity index (χ4v) is 1.45. The molecule has 0 unspecified atom stereocenters. The maximum atomic E-state index is 11.1. The number of carbonyl (C=O) groups excluding carboxylic acids is 1. The first-order valence-electron chi connectivity index (χ1n) is 5.48. The number of hydrogen-bond donors (Lipinski definition) is 0. The second kappa shape index (κ2) is 5.31. The molecule has 0 spiro atoms. The molecule has 1 heterocycles. The van der Waals surface area contributed by atoms with Crippen LogP contribution in [0.5, 0.6) is 5.75 Å². The smallest absolute Gasteiger partial charge is 0.336 e. The van der Waals surface area contributed by atoms with E-state index in [1.165, 1.54) is 6.07 Å². The van der Waals surface area contributed by atoms with E-state index in [-0.39, 0.29) is 0 Å². The van der Waals surface area contributed by atoms with Crippen molar-refractivity contribution in [3.63, 3.8) is 0 Å². The molecule has 4 heteroatoms. The highest BCUT2D eigenvalue weighted by Gasteiger charge is 1.99. The minimum absolute atomic E-state index is 0.299. The van der Waals surface area contributed by atoms with Crippen molar-refractivity contribution in [3.05, 3.63) is 52.4 Å². The zero-order valence-electron chi connectivity index (χ0n) is 9.88. The van der Waals surface area contributed by atoms with Gasteiger partial charge in [0.15, 0.2) is 0 Å². The molecule has 0 N–H and O–H groups in total. The van der Waals surface area contributed by atoms with Crippen LogP contribution in [-0.4, -0.2) is 12.9 Å². The Kier molecular flexibility index (Phi) is 3.57. The first kappa shape index (κ1) is 12.1. The third kappa shape index (κ3) is 2.85. The maximum Gasteiger partial charge on any atom is 0.336 e. The highest BCUT2D eigenvalue weighted by Crippen LogP contribution is 2.19. The summed E-state index contributed by atoms with van der Waals surface area (Å²) in [6, 6.07) is 8.32. The minimum atomic E-state index is -0.392. The number of aldehydes is 1. The van der Waals surface area contributed by atoms with Crippen LogP contribution < -0.4 is 10.4 Å². The van der Waals surface area contributed by atoms with Crippen molar-refractivity contribution >= 4 is 17.3 Å². The number of rotatable bonds is 4. The molecule has 0 radical (unpaired) electrons. The second-order valence-electron chi connectivity index (χ2n) is 3.83. The van der Waals surface area contributed by atoms with Gasteiger partial charge in [0.2, 0.25) is 0 Å². The van der Waals surface area contributed by atoms with E-state index < -0.39 is 5.63 Å². The third-order valence-corrected chi connectivity index (χ3v) is 2.44. The van der Waals surface area contributed by atoms with E-state index in [1.807, 2.05) is 6.07 Å². The predicted molar refractivity (Wildman–Crippen MR) is 67.8 cm³/mol. The molecule has 18 heavy (non-hydrogen) atoms. The molecule has 0 aliphatic carbocycles. The molecule has 1 aromatic carbocycles. The lowest BCUT2D eigenvalue weighted by Crippen LogP contribution is -1.97. The molecule has 0 atom stereocenters. The Bertz CT molecular complexity index is 652. The summed E-state index contributed by atoms with van der Waals surface area (Å²) in [7, 11) is 0. The van der Waals surface area contributed by atoms with Crippen molar-refractivity contribution in [1.82, 2.24) is 0 Å². The molecule has 2 rings (SSSR count). The van der Waals surface area contributed by atoms with Crippen molar-refractivity contribution in [1.29, 1.82) is 0 Å². The van der Waals surface area contributed by atoms with Crippen LogP contribution in [0.3, 0.4) is 0 Å². The minimum Gasteiger partial charge on any atom is -0.489 e. The third-order valence-electron chi connectivity index (χ3n) is 2.44. The van der Waals surface area contributed by atoms with Gasteiger partial charge in [0, 0.05) is 17.5 Å². The number of benzene rings is 1. The number of ether oxygens (including phenoxy) is 1. The summed E-state index contributed by atoms with van der Waals surface area (Å²) in [6.07, 6.45) is 2.45. The molecule has 0 fully saturated rings. The molecule has 2 aromatic rings. The van der Waals surface area contributed by atoms with E-state index in [0.717, 1.165) is 11.7 Å². The lowest BCUT2D eigenvalue weighted by atomic mass is 10.2. The van der Waals surface area contributed by atoms with Gasteiger partial charge in [0.1, 0.15) is 24.2 Å². The summed E-state index contributed by atoms with van der Waals surface area (Å²) in [5.74, 6) is 0.590. The van der Waals surface area contributed by atoms with Crippen LogP contribution in [-0.2, 0) is 4.79 Å². The lowest BCUT2D eigenvalue weighted by molar-refractivity contribution is -0.104. The number of allylic oxidation sites excluding steroid dienone is 1. The number of carbonyl (C=O) groups is 1. The molecule has 0 amide bonds. The second-order valence-corrected chi connectivity index (χ2v) is 3.83. The molecule has 0 aliphatic heterocycles. The molecular weight excluding hydrogens is 232 g/mol. The van der Waals surface area contributed by atoms with Crippen LogP contribution in [0.4, 0.5) is 0 Å². The largest absolute Gasteiger partial charge is 0.489 e. The quantitative estimate of drug-likeness (QED) is 0.470. The molecule has 0 saturated heterocycles. The highest BCUT2D eigenvalue weighted by molar-refractivity contribution is 5.77. The van der Waals surface area contributed by atoms with Crippen LogP contribution >= 0.6 is 0 Å². The van der Waals surface area contributed by atoms with Gasteiger partial charge in [-0.25, -0.2) is 4.79 Å². The van der Waals surface area contributed by atoms with Gasteiger partial charge >= 0.3 is 5.63 Å². The van der Waals surface area contributed by atoms with E-state index in [0.29, 0.717) is 23.5 Å². The zero-order chi connectivity index (χ0) is 13.0. The summed E-state index contributed by atoms with van der Waals surface area (Å²) in [4.78, 5) is 21.5. The summed E-state index contributed by atoms with van der Waals surface area (Å²) in [6.45, 7) is 2.00. The van der Waals surface area contributed by atoms with Crippen LogP contribution in [0.25, 0.3) is 11.0 Å². The van der Waals surface area contributed by atoms with Crippen LogP contribution in [0, 0.1) is 0 Å². The summed E-state index contributed by atoms with van der Waals surface area (Å²) in [5, 5.41) is 0.835. The van der Waals surface area contributed by atoms with Crippen LogP contribution in [0.15, 0.2) is 51.2 Å². The van der Waals surface area contributed by atoms with E-state index in [1.54, 1.807) is 31.2 Å². The van der Waals surface area contributed by atoms with Gasteiger partial charge in [-0.1, -0.05) is 0 Å². The van der Waals surface area contributed by atoms with Crippen molar-refractivity contribution in [2.75, 3.05) is 6.61 Å². The van der Waals surface area contributed by atoms with E-state index in [2.05, 4.69) is 0 Å². The van der Waals surface area contributed by atoms with Gasteiger partial charge in [-0.3, -0.25) is 4.79 Å². The Morgan fingerprint density at radius 3 is 2.89 bits per heavy atom. The van der Waals surface area contributed by atoms with Gasteiger partial charge in [-0.2, -0.15) is 0 Å². The van der Waals surface area contributed by atoms with Crippen LogP contribution in [0.1, 0.15) is 6.92 Å². The SMILES string of the molecule is C/C(C=O)=C\COc1ccc2ccc(=O)oc2c1. The summed E-state index contributed by atoms with van der Waals surface area (Å²) in [5.41, 5.74) is 0.703. The average Bonchev–Trinajstić information content (AvgIpc) is 2.38. The topological polar surface area (TPSA) is 56.5 Å². The first-order valence-corrected chi connectivity index (χ1v) is 5.48. The monoisotopic (exact) mass is 244 g/mol.